The molecule has 2 rings (SSSR count). The Kier molecular flexibility index (Phi) is 4.61. The van der Waals surface area contributed by atoms with Gasteiger partial charge in [-0.1, -0.05) is 32.0 Å². The lowest BCUT2D eigenvalue weighted by molar-refractivity contribution is 0.429. The molecule has 1 aromatic carbocycles. The number of para-hydroxylation sites is 1. The van der Waals surface area contributed by atoms with Crippen molar-refractivity contribution in [2.24, 2.45) is 0 Å². The first-order valence-corrected chi connectivity index (χ1v) is 6.92. The van der Waals surface area contributed by atoms with Gasteiger partial charge in [-0.3, -0.25) is 0 Å². The van der Waals surface area contributed by atoms with Crippen molar-refractivity contribution in [2.75, 3.05) is 18.5 Å². The molecule has 5 heteroatoms. The molecule has 1 heterocycles. The van der Waals surface area contributed by atoms with Crippen molar-refractivity contribution < 1.29 is 4.42 Å². The third-order valence-corrected chi connectivity index (χ3v) is 3.18. The summed E-state index contributed by atoms with van der Waals surface area (Å²) < 4.78 is 6.51. The molecule has 0 bridgehead atoms. The summed E-state index contributed by atoms with van der Waals surface area (Å²) >= 11 is 0. The van der Waals surface area contributed by atoms with E-state index in [4.69, 9.17) is 4.42 Å². The highest BCUT2D eigenvalue weighted by atomic mass is 16.4. The van der Waals surface area contributed by atoms with E-state index in [9.17, 15) is 4.79 Å². The van der Waals surface area contributed by atoms with E-state index in [1.54, 1.807) is 0 Å². The quantitative estimate of drug-likeness (QED) is 0.812. The highest BCUT2D eigenvalue weighted by molar-refractivity contribution is 5.44. The largest absolute Gasteiger partial charge is 0.437 e. The third-order valence-electron chi connectivity index (χ3n) is 3.18. The van der Waals surface area contributed by atoms with E-state index < -0.39 is 0 Å². The predicted molar refractivity (Wildman–Crippen MR) is 79.2 cm³/mol. The van der Waals surface area contributed by atoms with E-state index >= 15 is 0 Å². The molecule has 0 unspecified atom stereocenters. The summed E-state index contributed by atoms with van der Waals surface area (Å²) in [6.07, 6.45) is 0.843. The van der Waals surface area contributed by atoms with Crippen LogP contribution in [-0.2, 0) is 6.54 Å². The Morgan fingerprint density at radius 3 is 2.60 bits per heavy atom. The van der Waals surface area contributed by atoms with Gasteiger partial charge in [0.1, 0.15) is 0 Å². The summed E-state index contributed by atoms with van der Waals surface area (Å²) in [6, 6.07) is 10.2. The Morgan fingerprint density at radius 2 is 2.00 bits per heavy atom. The second kappa shape index (κ2) is 6.41. The Morgan fingerprint density at radius 1 is 1.30 bits per heavy atom. The van der Waals surface area contributed by atoms with E-state index in [0.717, 1.165) is 13.0 Å². The summed E-state index contributed by atoms with van der Waals surface area (Å²) in [6.45, 7) is 5.35. The molecule has 0 amide bonds. The number of nitrogens with zero attached hydrogens (tertiary/aromatic N) is 3. The average Bonchev–Trinajstić information content (AvgIpc) is 2.81. The fourth-order valence-corrected chi connectivity index (χ4v) is 1.97. The molecule has 0 saturated carbocycles. The van der Waals surface area contributed by atoms with Crippen molar-refractivity contribution in [1.29, 1.82) is 0 Å². The van der Waals surface area contributed by atoms with Crippen LogP contribution in [0.2, 0.25) is 0 Å². The lowest BCUT2D eigenvalue weighted by Gasteiger charge is -2.18. The molecule has 0 radical (unpaired) electrons. The zero-order chi connectivity index (χ0) is 14.5. The van der Waals surface area contributed by atoms with E-state index in [2.05, 4.69) is 22.1 Å². The van der Waals surface area contributed by atoms with Crippen molar-refractivity contribution >= 4 is 5.69 Å². The van der Waals surface area contributed by atoms with E-state index in [0.29, 0.717) is 12.4 Å². The van der Waals surface area contributed by atoms with Crippen LogP contribution in [0.25, 0.3) is 0 Å². The summed E-state index contributed by atoms with van der Waals surface area (Å²) in [7, 11) is 2.04. The number of rotatable bonds is 6. The van der Waals surface area contributed by atoms with Gasteiger partial charge in [0.05, 0.1) is 0 Å². The van der Waals surface area contributed by atoms with Gasteiger partial charge in [0, 0.05) is 31.7 Å². The molecule has 2 aromatic rings. The Bertz CT molecular complexity index is 587. The van der Waals surface area contributed by atoms with Gasteiger partial charge in [0.15, 0.2) is 0 Å². The second-order valence-electron chi connectivity index (χ2n) is 5.19. The maximum atomic E-state index is 11.6. The molecule has 20 heavy (non-hydrogen) atoms. The topological polar surface area (TPSA) is 51.3 Å². The third kappa shape index (κ3) is 3.50. The second-order valence-corrected chi connectivity index (χ2v) is 5.19. The van der Waals surface area contributed by atoms with Crippen molar-refractivity contribution in [3.8, 4) is 0 Å². The molecule has 0 aliphatic carbocycles. The highest BCUT2D eigenvalue weighted by Gasteiger charge is 2.11. The molecule has 5 nitrogen and oxygen atoms in total. The molecule has 0 atom stereocenters. The van der Waals surface area contributed by atoms with Gasteiger partial charge in [0.2, 0.25) is 5.89 Å². The SMILES string of the molecule is CC(C)c1nn(CCCN(C)c2ccccc2)c(=O)o1. The Labute approximate surface area is 118 Å². The minimum atomic E-state index is -0.365. The van der Waals surface area contributed by atoms with Crippen molar-refractivity contribution in [3.05, 3.63) is 46.8 Å². The lowest BCUT2D eigenvalue weighted by Crippen LogP contribution is -2.22. The first-order valence-electron chi connectivity index (χ1n) is 6.92. The van der Waals surface area contributed by atoms with Crippen LogP contribution in [0.1, 0.15) is 32.1 Å². The number of benzene rings is 1. The van der Waals surface area contributed by atoms with Crippen LogP contribution in [0.4, 0.5) is 5.69 Å². The summed E-state index contributed by atoms with van der Waals surface area (Å²) in [5, 5.41) is 4.20. The molecule has 0 N–H and O–H groups in total. The fraction of sp³-hybridized carbons (Fsp3) is 0.467. The monoisotopic (exact) mass is 275 g/mol. The van der Waals surface area contributed by atoms with Crippen LogP contribution in [-0.4, -0.2) is 23.4 Å². The maximum Gasteiger partial charge on any atom is 0.437 e. The Balaban J connectivity index is 1.89. The van der Waals surface area contributed by atoms with Gasteiger partial charge in [0.25, 0.3) is 0 Å². The minimum Gasteiger partial charge on any atom is -0.392 e. The summed E-state index contributed by atoms with van der Waals surface area (Å²) in [5.41, 5.74) is 1.17. The normalized spacial score (nSPS) is 11.0. The average molecular weight is 275 g/mol. The summed E-state index contributed by atoms with van der Waals surface area (Å²) in [5.74, 6) is 0.276. The van der Waals surface area contributed by atoms with Gasteiger partial charge in [-0.2, -0.15) is 4.68 Å². The smallest absolute Gasteiger partial charge is 0.392 e. The highest BCUT2D eigenvalue weighted by Crippen LogP contribution is 2.11. The molecule has 108 valence electrons. The van der Waals surface area contributed by atoms with Crippen LogP contribution in [0, 0.1) is 0 Å². The molecule has 1 aromatic heterocycles. The zero-order valence-corrected chi connectivity index (χ0v) is 12.2. The summed E-state index contributed by atoms with van der Waals surface area (Å²) in [4.78, 5) is 13.8. The fourth-order valence-electron chi connectivity index (χ4n) is 1.97. The van der Waals surface area contributed by atoms with Crippen LogP contribution < -0.4 is 10.7 Å². The molecule has 0 aliphatic heterocycles. The van der Waals surface area contributed by atoms with Crippen LogP contribution in [0.15, 0.2) is 39.5 Å². The molecule has 0 aliphatic rings. The van der Waals surface area contributed by atoms with Crippen molar-refractivity contribution in [2.45, 2.75) is 32.7 Å². The van der Waals surface area contributed by atoms with E-state index in [1.165, 1.54) is 10.4 Å². The van der Waals surface area contributed by atoms with Gasteiger partial charge < -0.3 is 9.32 Å². The standard InChI is InChI=1S/C15H21N3O2/c1-12(2)14-16-18(15(19)20-14)11-7-10-17(3)13-8-5-4-6-9-13/h4-6,8-9,12H,7,10-11H2,1-3H3. The molecule has 0 spiro atoms. The molecule has 0 fully saturated rings. The predicted octanol–water partition coefficient (Wildman–Crippen LogP) is 2.49. The number of anilines is 1. The Hall–Kier alpha value is -2.04. The van der Waals surface area contributed by atoms with E-state index in [1.807, 2.05) is 39.1 Å². The van der Waals surface area contributed by atoms with Crippen molar-refractivity contribution in [3.63, 3.8) is 0 Å². The number of aryl methyl sites for hydroxylation is 1. The molecule has 0 saturated heterocycles. The zero-order valence-electron chi connectivity index (χ0n) is 12.2. The minimum absolute atomic E-state index is 0.135. The van der Waals surface area contributed by atoms with Gasteiger partial charge in [-0.25, -0.2) is 4.79 Å². The first-order chi connectivity index (χ1) is 9.58. The number of hydrogen-bond donors (Lipinski definition) is 0. The maximum absolute atomic E-state index is 11.6. The molecular weight excluding hydrogens is 254 g/mol. The lowest BCUT2D eigenvalue weighted by atomic mass is 10.2. The molecular formula is C15H21N3O2. The van der Waals surface area contributed by atoms with Crippen LogP contribution >= 0.6 is 0 Å². The van der Waals surface area contributed by atoms with Gasteiger partial charge in [-0.15, -0.1) is 5.10 Å². The van der Waals surface area contributed by atoms with E-state index in [-0.39, 0.29) is 11.7 Å². The van der Waals surface area contributed by atoms with Gasteiger partial charge in [-0.05, 0) is 18.6 Å². The van der Waals surface area contributed by atoms with Gasteiger partial charge >= 0.3 is 5.76 Å². The van der Waals surface area contributed by atoms with Crippen LogP contribution in [0.5, 0.6) is 0 Å². The first kappa shape index (κ1) is 14.4. The van der Waals surface area contributed by atoms with Crippen LogP contribution in [0.3, 0.4) is 0 Å². The number of aromatic nitrogens is 2. The van der Waals surface area contributed by atoms with Crippen molar-refractivity contribution in [1.82, 2.24) is 9.78 Å². The number of hydrogen-bond acceptors (Lipinski definition) is 4.